The number of amides is 2. The summed E-state index contributed by atoms with van der Waals surface area (Å²) < 4.78 is 0. The van der Waals surface area contributed by atoms with E-state index >= 15 is 0 Å². The number of hydrogen-bond donors (Lipinski definition) is 1. The summed E-state index contributed by atoms with van der Waals surface area (Å²) in [4.78, 5) is 25.8. The van der Waals surface area contributed by atoms with Gasteiger partial charge in [-0.25, -0.2) is 0 Å². The third-order valence-electron chi connectivity index (χ3n) is 4.00. The van der Waals surface area contributed by atoms with Gasteiger partial charge in [0.15, 0.2) is 0 Å². The molecule has 2 aromatic carbocycles. The van der Waals surface area contributed by atoms with Crippen molar-refractivity contribution in [3.8, 4) is 0 Å². The van der Waals surface area contributed by atoms with E-state index in [-0.39, 0.29) is 18.2 Å². The summed E-state index contributed by atoms with van der Waals surface area (Å²) >= 11 is 5.99. The number of halogens is 1. The quantitative estimate of drug-likeness (QED) is 0.845. The van der Waals surface area contributed by atoms with Crippen molar-refractivity contribution < 1.29 is 9.59 Å². The van der Waals surface area contributed by atoms with Gasteiger partial charge in [0.1, 0.15) is 0 Å². The van der Waals surface area contributed by atoms with Gasteiger partial charge in [0, 0.05) is 36.3 Å². The van der Waals surface area contributed by atoms with Crippen LogP contribution in [0.1, 0.15) is 30.0 Å². The first-order valence-corrected chi connectivity index (χ1v) is 8.57. The summed E-state index contributed by atoms with van der Waals surface area (Å²) in [6.45, 7) is 7.76. The molecule has 4 nitrogen and oxygen atoms in total. The fourth-order valence-electron chi connectivity index (χ4n) is 2.90. The van der Waals surface area contributed by atoms with Gasteiger partial charge in [0.25, 0.3) is 0 Å². The number of anilines is 2. The van der Waals surface area contributed by atoms with Crippen LogP contribution in [0.5, 0.6) is 0 Å². The highest BCUT2D eigenvalue weighted by atomic mass is 35.5. The van der Waals surface area contributed by atoms with Gasteiger partial charge in [0.2, 0.25) is 11.8 Å². The predicted molar refractivity (Wildman–Crippen MR) is 103 cm³/mol. The van der Waals surface area contributed by atoms with Gasteiger partial charge in [-0.05, 0) is 50.1 Å². The number of carbonyl (C=O) groups is 2. The summed E-state index contributed by atoms with van der Waals surface area (Å²) in [5.41, 5.74) is 4.76. The van der Waals surface area contributed by atoms with E-state index in [0.717, 1.165) is 22.4 Å². The van der Waals surface area contributed by atoms with Crippen molar-refractivity contribution in [2.24, 2.45) is 0 Å². The highest BCUT2D eigenvalue weighted by Gasteiger charge is 2.15. The molecule has 0 aliphatic rings. The molecule has 25 heavy (non-hydrogen) atoms. The van der Waals surface area contributed by atoms with Crippen LogP contribution < -0.4 is 10.2 Å². The molecular weight excluding hydrogens is 336 g/mol. The predicted octanol–water partition coefficient (Wildman–Crippen LogP) is 4.65. The molecule has 0 radical (unpaired) electrons. The van der Waals surface area contributed by atoms with Crippen LogP contribution in [0.3, 0.4) is 0 Å². The Morgan fingerprint density at radius 3 is 2.28 bits per heavy atom. The summed E-state index contributed by atoms with van der Waals surface area (Å²) in [7, 11) is 0. The summed E-state index contributed by atoms with van der Waals surface area (Å²) in [5, 5.41) is 3.51. The van der Waals surface area contributed by atoms with E-state index in [1.165, 1.54) is 6.92 Å². The molecular formula is C20H23ClN2O2. The average Bonchev–Trinajstić information content (AvgIpc) is 2.51. The average molecular weight is 359 g/mol. The second-order valence-corrected chi connectivity index (χ2v) is 6.66. The number of nitrogens with zero attached hydrogens (tertiary/aromatic N) is 1. The van der Waals surface area contributed by atoms with Crippen molar-refractivity contribution in [3.63, 3.8) is 0 Å². The van der Waals surface area contributed by atoms with E-state index in [1.807, 2.05) is 32.9 Å². The standard InChI is InChI=1S/C20H23ClN2O2/c1-13-10-14(2)20(15(3)11-13)22-19(25)8-9-23(16(4)24)18-7-5-6-17(21)12-18/h5-7,10-12H,8-9H2,1-4H3,(H,22,25). The van der Waals surface area contributed by atoms with E-state index in [4.69, 9.17) is 11.6 Å². The number of aryl methyl sites for hydroxylation is 3. The molecule has 0 saturated heterocycles. The van der Waals surface area contributed by atoms with Crippen molar-refractivity contribution in [2.75, 3.05) is 16.8 Å². The molecule has 0 heterocycles. The monoisotopic (exact) mass is 358 g/mol. The maximum Gasteiger partial charge on any atom is 0.226 e. The molecule has 0 atom stereocenters. The minimum absolute atomic E-state index is 0.122. The van der Waals surface area contributed by atoms with E-state index < -0.39 is 0 Å². The van der Waals surface area contributed by atoms with Crippen molar-refractivity contribution in [3.05, 3.63) is 58.1 Å². The van der Waals surface area contributed by atoms with Crippen LogP contribution in [-0.2, 0) is 9.59 Å². The van der Waals surface area contributed by atoms with Crippen LogP contribution in [-0.4, -0.2) is 18.4 Å². The topological polar surface area (TPSA) is 49.4 Å². The smallest absolute Gasteiger partial charge is 0.226 e. The largest absolute Gasteiger partial charge is 0.326 e. The van der Waals surface area contributed by atoms with E-state index in [2.05, 4.69) is 5.32 Å². The molecule has 1 N–H and O–H groups in total. The number of benzene rings is 2. The molecule has 0 aromatic heterocycles. The number of rotatable bonds is 5. The zero-order valence-corrected chi connectivity index (χ0v) is 15.8. The molecule has 0 aliphatic heterocycles. The molecule has 2 aromatic rings. The lowest BCUT2D eigenvalue weighted by Gasteiger charge is -2.21. The van der Waals surface area contributed by atoms with E-state index in [9.17, 15) is 9.59 Å². The second-order valence-electron chi connectivity index (χ2n) is 6.22. The maximum atomic E-state index is 12.4. The lowest BCUT2D eigenvalue weighted by Crippen LogP contribution is -2.32. The molecule has 0 saturated carbocycles. The molecule has 0 fully saturated rings. The zero-order chi connectivity index (χ0) is 18.6. The highest BCUT2D eigenvalue weighted by Crippen LogP contribution is 2.23. The van der Waals surface area contributed by atoms with Gasteiger partial charge in [-0.3, -0.25) is 9.59 Å². The Balaban J connectivity index is 2.06. The Bertz CT molecular complexity index is 779. The first-order chi connectivity index (χ1) is 11.8. The molecule has 0 bridgehead atoms. The first kappa shape index (κ1) is 19.0. The maximum absolute atomic E-state index is 12.4. The van der Waals surface area contributed by atoms with E-state index in [1.54, 1.807) is 29.2 Å². The van der Waals surface area contributed by atoms with Gasteiger partial charge in [-0.15, -0.1) is 0 Å². The molecule has 2 rings (SSSR count). The van der Waals surface area contributed by atoms with Gasteiger partial charge in [0.05, 0.1) is 0 Å². The Hall–Kier alpha value is -2.33. The summed E-state index contributed by atoms with van der Waals surface area (Å²) in [5.74, 6) is -0.249. The lowest BCUT2D eigenvalue weighted by molar-refractivity contribution is -0.117. The van der Waals surface area contributed by atoms with Crippen LogP contribution in [0.25, 0.3) is 0 Å². The molecule has 0 spiro atoms. The Kier molecular flexibility index (Phi) is 6.21. The Labute approximate surface area is 153 Å². The van der Waals surface area contributed by atoms with Crippen LogP contribution in [0.15, 0.2) is 36.4 Å². The van der Waals surface area contributed by atoms with Crippen molar-refractivity contribution in [1.29, 1.82) is 0 Å². The van der Waals surface area contributed by atoms with Gasteiger partial charge < -0.3 is 10.2 Å². The van der Waals surface area contributed by atoms with Crippen LogP contribution in [0.4, 0.5) is 11.4 Å². The minimum atomic E-state index is -0.127. The van der Waals surface area contributed by atoms with E-state index in [0.29, 0.717) is 17.3 Å². The van der Waals surface area contributed by atoms with Gasteiger partial charge >= 0.3 is 0 Å². The number of carbonyl (C=O) groups excluding carboxylic acids is 2. The second kappa shape index (κ2) is 8.17. The summed E-state index contributed by atoms with van der Waals surface area (Å²) in [6, 6.07) is 11.1. The minimum Gasteiger partial charge on any atom is -0.326 e. The third kappa shape index (κ3) is 5.07. The molecule has 0 unspecified atom stereocenters. The Morgan fingerprint density at radius 2 is 1.72 bits per heavy atom. The van der Waals surface area contributed by atoms with Crippen LogP contribution >= 0.6 is 11.6 Å². The van der Waals surface area contributed by atoms with Gasteiger partial charge in [-0.2, -0.15) is 0 Å². The molecule has 2 amide bonds. The normalized spacial score (nSPS) is 10.4. The highest BCUT2D eigenvalue weighted by molar-refractivity contribution is 6.30. The number of nitrogens with one attached hydrogen (secondary N) is 1. The van der Waals surface area contributed by atoms with Crippen molar-refractivity contribution in [1.82, 2.24) is 0 Å². The Morgan fingerprint density at radius 1 is 1.08 bits per heavy atom. The molecule has 5 heteroatoms. The molecule has 0 aliphatic carbocycles. The van der Waals surface area contributed by atoms with Gasteiger partial charge in [-0.1, -0.05) is 35.4 Å². The van der Waals surface area contributed by atoms with Crippen LogP contribution in [0, 0.1) is 20.8 Å². The van der Waals surface area contributed by atoms with Crippen LogP contribution in [0.2, 0.25) is 5.02 Å². The fraction of sp³-hybridized carbons (Fsp3) is 0.300. The summed E-state index contributed by atoms with van der Waals surface area (Å²) in [6.07, 6.45) is 0.207. The van der Waals surface area contributed by atoms with Crippen molar-refractivity contribution >= 4 is 34.8 Å². The first-order valence-electron chi connectivity index (χ1n) is 8.19. The lowest BCUT2D eigenvalue weighted by atomic mass is 10.0. The zero-order valence-electron chi connectivity index (χ0n) is 15.0. The number of hydrogen-bond acceptors (Lipinski definition) is 2. The van der Waals surface area contributed by atoms with Crippen molar-refractivity contribution in [2.45, 2.75) is 34.1 Å². The fourth-order valence-corrected chi connectivity index (χ4v) is 3.09. The molecule has 132 valence electrons. The SMILES string of the molecule is CC(=O)N(CCC(=O)Nc1c(C)cc(C)cc1C)c1cccc(Cl)c1. The third-order valence-corrected chi connectivity index (χ3v) is 4.24.